The van der Waals surface area contributed by atoms with E-state index in [1.165, 1.54) is 25.3 Å². The third kappa shape index (κ3) is 3.74. The molecule has 2 aliphatic rings. The van der Waals surface area contributed by atoms with Crippen molar-refractivity contribution in [2.24, 2.45) is 5.73 Å². The van der Waals surface area contributed by atoms with Gasteiger partial charge in [-0.3, -0.25) is 14.9 Å². The number of ether oxygens (including phenoxy) is 3. The zero-order valence-corrected chi connectivity index (χ0v) is 15.3. The van der Waals surface area contributed by atoms with Crippen molar-refractivity contribution in [1.29, 1.82) is 0 Å². The van der Waals surface area contributed by atoms with Crippen molar-refractivity contribution in [3.8, 4) is 0 Å². The van der Waals surface area contributed by atoms with Gasteiger partial charge < -0.3 is 19.9 Å². The number of allylic oxidation sites excluding steroid dienone is 2. The van der Waals surface area contributed by atoms with Gasteiger partial charge in [0.15, 0.2) is 5.78 Å². The molecule has 9 nitrogen and oxygen atoms in total. The maximum atomic E-state index is 12.7. The molecule has 0 saturated carbocycles. The highest BCUT2D eigenvalue weighted by Gasteiger charge is 2.41. The van der Waals surface area contributed by atoms with Crippen LogP contribution in [0.2, 0.25) is 0 Å². The van der Waals surface area contributed by atoms with E-state index < -0.39 is 16.8 Å². The highest BCUT2D eigenvalue weighted by Crippen LogP contribution is 2.44. The van der Waals surface area contributed by atoms with Crippen LogP contribution < -0.4 is 5.73 Å². The Morgan fingerprint density at radius 3 is 2.86 bits per heavy atom. The molecule has 0 saturated heterocycles. The second-order valence-corrected chi connectivity index (χ2v) is 6.41. The summed E-state index contributed by atoms with van der Waals surface area (Å²) in [5.41, 5.74) is 6.53. The van der Waals surface area contributed by atoms with Crippen molar-refractivity contribution in [2.75, 3.05) is 20.3 Å². The lowest BCUT2D eigenvalue weighted by atomic mass is 9.77. The number of methoxy groups -OCH3 is 1. The number of benzene rings is 1. The molecule has 2 N–H and O–H groups in total. The van der Waals surface area contributed by atoms with Crippen molar-refractivity contribution in [3.05, 3.63) is 62.7 Å². The van der Waals surface area contributed by atoms with Crippen molar-refractivity contribution in [2.45, 2.75) is 25.2 Å². The van der Waals surface area contributed by atoms with Crippen molar-refractivity contribution in [1.82, 2.24) is 0 Å². The Balaban J connectivity index is 2.09. The molecular formula is C19H20N2O7. The predicted molar refractivity (Wildman–Crippen MR) is 96.9 cm³/mol. The van der Waals surface area contributed by atoms with Crippen LogP contribution in [0.5, 0.6) is 0 Å². The minimum Gasteiger partial charge on any atom is -0.460 e. The van der Waals surface area contributed by atoms with E-state index in [9.17, 15) is 19.7 Å². The van der Waals surface area contributed by atoms with Crippen molar-refractivity contribution < 1.29 is 28.7 Å². The number of rotatable bonds is 6. The monoisotopic (exact) mass is 388 g/mol. The second kappa shape index (κ2) is 8.22. The minimum atomic E-state index is -0.883. The highest BCUT2D eigenvalue weighted by molar-refractivity contribution is 6.03. The molecule has 148 valence electrons. The van der Waals surface area contributed by atoms with Crippen LogP contribution in [0.3, 0.4) is 0 Å². The Hall–Kier alpha value is -3.20. The Kier molecular flexibility index (Phi) is 5.74. The van der Waals surface area contributed by atoms with Crippen LogP contribution >= 0.6 is 0 Å². The van der Waals surface area contributed by atoms with Gasteiger partial charge >= 0.3 is 5.97 Å². The Bertz CT molecular complexity index is 888. The van der Waals surface area contributed by atoms with E-state index in [4.69, 9.17) is 19.9 Å². The lowest BCUT2D eigenvalue weighted by Gasteiger charge is -2.32. The molecule has 1 heterocycles. The number of hydrogen-bond acceptors (Lipinski definition) is 8. The maximum absolute atomic E-state index is 12.7. The summed E-state index contributed by atoms with van der Waals surface area (Å²) in [4.78, 5) is 36.0. The number of nitrogens with two attached hydrogens (primary N) is 1. The molecule has 1 aromatic rings. The van der Waals surface area contributed by atoms with Crippen LogP contribution in [-0.2, 0) is 23.8 Å². The van der Waals surface area contributed by atoms with Crippen molar-refractivity contribution in [3.63, 3.8) is 0 Å². The first-order chi connectivity index (χ1) is 13.4. The van der Waals surface area contributed by atoms with E-state index in [0.29, 0.717) is 36.2 Å². The summed E-state index contributed by atoms with van der Waals surface area (Å²) < 4.78 is 15.6. The topological polar surface area (TPSA) is 131 Å². The molecule has 0 amide bonds. The van der Waals surface area contributed by atoms with E-state index in [1.807, 2.05) is 0 Å². The van der Waals surface area contributed by atoms with Gasteiger partial charge in [0.2, 0.25) is 5.88 Å². The molecule has 0 spiro atoms. The van der Waals surface area contributed by atoms with Gasteiger partial charge in [0.05, 0.1) is 17.4 Å². The Labute approximate surface area is 160 Å². The van der Waals surface area contributed by atoms with E-state index in [-0.39, 0.29) is 36.1 Å². The summed E-state index contributed by atoms with van der Waals surface area (Å²) in [5.74, 6) is -1.57. The Morgan fingerprint density at radius 2 is 2.14 bits per heavy atom. The average molecular weight is 388 g/mol. The number of carbonyl (C=O) groups excluding carboxylic acids is 2. The lowest BCUT2D eigenvalue weighted by molar-refractivity contribution is -0.384. The molecule has 9 heteroatoms. The molecular weight excluding hydrogens is 368 g/mol. The largest absolute Gasteiger partial charge is 0.460 e. The number of hydrogen-bond donors (Lipinski definition) is 1. The zero-order chi connectivity index (χ0) is 20.3. The smallest absolute Gasteiger partial charge is 0.340 e. The summed E-state index contributed by atoms with van der Waals surface area (Å²) in [6.45, 7) is 0.182. The number of nitro groups is 1. The number of ketones is 1. The van der Waals surface area contributed by atoms with Crippen LogP contribution in [0.15, 0.2) is 47.1 Å². The van der Waals surface area contributed by atoms with Gasteiger partial charge in [0.1, 0.15) is 17.9 Å². The first-order valence-electron chi connectivity index (χ1n) is 8.78. The van der Waals surface area contributed by atoms with Crippen LogP contribution in [0.4, 0.5) is 5.69 Å². The molecule has 3 rings (SSSR count). The van der Waals surface area contributed by atoms with E-state index in [1.54, 1.807) is 6.07 Å². The van der Waals surface area contributed by atoms with E-state index in [0.717, 1.165) is 0 Å². The SMILES string of the molecule is COCCOC(=O)C1=C(N)OC2=C(C(=O)CCC2)[C@H]1c1cccc([N+](=O)[O-])c1. The van der Waals surface area contributed by atoms with Crippen molar-refractivity contribution >= 4 is 17.4 Å². The second-order valence-electron chi connectivity index (χ2n) is 6.41. The fraction of sp³-hybridized carbons (Fsp3) is 0.368. The van der Waals surface area contributed by atoms with Gasteiger partial charge in [-0.2, -0.15) is 0 Å². The number of esters is 1. The highest BCUT2D eigenvalue weighted by atomic mass is 16.6. The number of non-ortho nitro benzene ring substituents is 1. The first-order valence-corrected chi connectivity index (χ1v) is 8.78. The molecule has 0 aromatic heterocycles. The molecule has 1 aliphatic heterocycles. The molecule has 1 atom stereocenters. The normalized spacial score (nSPS) is 19.2. The van der Waals surface area contributed by atoms with Crippen LogP contribution in [0.25, 0.3) is 0 Å². The summed E-state index contributed by atoms with van der Waals surface area (Å²) in [6, 6.07) is 5.79. The quantitative estimate of drug-likeness (QED) is 0.339. The third-order valence-corrected chi connectivity index (χ3v) is 4.64. The Morgan fingerprint density at radius 1 is 1.36 bits per heavy atom. The lowest BCUT2D eigenvalue weighted by Crippen LogP contribution is -2.31. The molecule has 0 bridgehead atoms. The van der Waals surface area contributed by atoms with E-state index in [2.05, 4.69) is 0 Å². The number of carbonyl (C=O) groups is 2. The van der Waals surface area contributed by atoms with Crippen LogP contribution in [0, 0.1) is 10.1 Å². The van der Waals surface area contributed by atoms with Crippen LogP contribution in [0.1, 0.15) is 30.7 Å². The third-order valence-electron chi connectivity index (χ3n) is 4.64. The number of nitrogens with zero attached hydrogens (tertiary/aromatic N) is 1. The molecule has 1 aliphatic carbocycles. The summed E-state index contributed by atoms with van der Waals surface area (Å²) in [6.07, 6.45) is 1.42. The molecule has 28 heavy (non-hydrogen) atoms. The molecule has 0 fully saturated rings. The average Bonchev–Trinajstić information content (AvgIpc) is 2.67. The minimum absolute atomic E-state index is 0.00633. The van der Waals surface area contributed by atoms with Gasteiger partial charge in [0.25, 0.3) is 5.69 Å². The van der Waals surface area contributed by atoms with Gasteiger partial charge in [-0.1, -0.05) is 12.1 Å². The zero-order valence-electron chi connectivity index (χ0n) is 15.3. The summed E-state index contributed by atoms with van der Waals surface area (Å²) in [7, 11) is 1.47. The molecule has 1 aromatic carbocycles. The fourth-order valence-electron chi connectivity index (χ4n) is 3.40. The number of Topliss-reactive ketones (excluding diaryl/α,β-unsaturated/α-hetero) is 1. The predicted octanol–water partition coefficient (Wildman–Crippen LogP) is 2.08. The van der Waals surface area contributed by atoms with Gasteiger partial charge in [-0.05, 0) is 12.0 Å². The molecule has 0 unspecified atom stereocenters. The van der Waals surface area contributed by atoms with Gasteiger partial charge in [0, 0.05) is 37.7 Å². The first kappa shape index (κ1) is 19.6. The summed E-state index contributed by atoms with van der Waals surface area (Å²) >= 11 is 0. The number of nitro benzene ring substituents is 1. The summed E-state index contributed by atoms with van der Waals surface area (Å²) in [5, 5.41) is 11.2. The van der Waals surface area contributed by atoms with Gasteiger partial charge in [-0.25, -0.2) is 4.79 Å². The fourth-order valence-corrected chi connectivity index (χ4v) is 3.40. The maximum Gasteiger partial charge on any atom is 0.340 e. The standard InChI is InChI=1S/C19H20N2O7/c1-26-8-9-27-19(23)17-15(11-4-2-5-12(10-11)21(24)25)16-13(22)6-3-7-14(16)28-18(17)20/h2,4-5,10,15H,3,6-9,20H2,1H3/t15-/m1/s1. The van der Waals surface area contributed by atoms with E-state index >= 15 is 0 Å². The van der Waals surface area contributed by atoms with Crippen LogP contribution in [-0.4, -0.2) is 37.0 Å². The molecule has 0 radical (unpaired) electrons. The van der Waals surface area contributed by atoms with Gasteiger partial charge in [-0.15, -0.1) is 0 Å².